The number of carboxylic acid groups (broad SMARTS) is 1. The van der Waals surface area contributed by atoms with E-state index in [1.807, 2.05) is 24.3 Å². The van der Waals surface area contributed by atoms with E-state index >= 15 is 0 Å². The summed E-state index contributed by atoms with van der Waals surface area (Å²) in [5.74, 6) is -1.33. The predicted molar refractivity (Wildman–Crippen MR) is 125 cm³/mol. The van der Waals surface area contributed by atoms with Gasteiger partial charge >= 0.3 is 12.1 Å². The molecule has 2 aromatic carbocycles. The third-order valence-electron chi connectivity index (χ3n) is 6.56. The zero-order valence-corrected chi connectivity index (χ0v) is 19.0. The van der Waals surface area contributed by atoms with Crippen LogP contribution in [0, 0.1) is 0 Å². The molecule has 1 aliphatic heterocycles. The van der Waals surface area contributed by atoms with Gasteiger partial charge in [0, 0.05) is 31.8 Å². The quantitative estimate of drug-likeness (QED) is 0.489. The van der Waals surface area contributed by atoms with Crippen LogP contribution < -0.4 is 5.32 Å². The monoisotopic (exact) mass is 466 g/mol. The van der Waals surface area contributed by atoms with Crippen LogP contribution in [0.2, 0.25) is 0 Å². The number of unbranched alkanes of at least 4 members (excludes halogenated alkanes) is 2. The lowest BCUT2D eigenvalue weighted by atomic mass is 9.98. The fraction of sp³-hybridized carbons (Fsp3) is 0.423. The van der Waals surface area contributed by atoms with Crippen LogP contribution in [0.15, 0.2) is 48.5 Å². The number of carboxylic acids is 1. The molecule has 2 aliphatic rings. The summed E-state index contributed by atoms with van der Waals surface area (Å²) in [5, 5.41) is 21.6. The first kappa shape index (κ1) is 23.8. The number of aliphatic hydroxyl groups excluding tert-OH is 1. The number of aliphatic carboxylic acids is 1. The van der Waals surface area contributed by atoms with E-state index in [0.29, 0.717) is 25.8 Å². The number of amides is 2. The van der Waals surface area contributed by atoms with Crippen LogP contribution in [-0.2, 0) is 14.3 Å². The van der Waals surface area contributed by atoms with Crippen molar-refractivity contribution in [3.63, 3.8) is 0 Å². The molecule has 0 spiro atoms. The van der Waals surface area contributed by atoms with Gasteiger partial charge in [-0.2, -0.15) is 0 Å². The number of nitrogens with zero attached hydrogens (tertiary/aromatic N) is 1. The molecule has 2 unspecified atom stereocenters. The minimum Gasteiger partial charge on any atom is -0.480 e. The SMILES string of the molecule is O=C(NCCCCCC(=O)N1CC(O)CC1C(=O)O)OCC1c2ccccc2-c2ccccc21. The highest BCUT2D eigenvalue weighted by atomic mass is 16.5. The molecule has 0 bridgehead atoms. The van der Waals surface area contributed by atoms with E-state index in [2.05, 4.69) is 29.6 Å². The summed E-state index contributed by atoms with van der Waals surface area (Å²) in [6.45, 7) is 0.769. The van der Waals surface area contributed by atoms with Gasteiger partial charge in [0.25, 0.3) is 0 Å². The molecule has 8 heteroatoms. The topological polar surface area (TPSA) is 116 Å². The summed E-state index contributed by atoms with van der Waals surface area (Å²) in [6, 6.07) is 15.4. The Labute approximate surface area is 198 Å². The van der Waals surface area contributed by atoms with Gasteiger partial charge in [-0.25, -0.2) is 9.59 Å². The van der Waals surface area contributed by atoms with E-state index < -0.39 is 24.2 Å². The van der Waals surface area contributed by atoms with Gasteiger partial charge in [-0.3, -0.25) is 4.79 Å². The van der Waals surface area contributed by atoms with E-state index in [1.165, 1.54) is 16.0 Å². The van der Waals surface area contributed by atoms with E-state index in [4.69, 9.17) is 4.74 Å². The van der Waals surface area contributed by atoms with Gasteiger partial charge in [0.05, 0.1) is 6.10 Å². The van der Waals surface area contributed by atoms with Crippen molar-refractivity contribution in [1.82, 2.24) is 10.2 Å². The number of carbonyl (C=O) groups excluding carboxylic acids is 2. The van der Waals surface area contributed by atoms with Crippen molar-refractivity contribution in [1.29, 1.82) is 0 Å². The predicted octanol–water partition coefficient (Wildman–Crippen LogP) is 3.13. The highest BCUT2D eigenvalue weighted by molar-refractivity contribution is 5.84. The van der Waals surface area contributed by atoms with Crippen LogP contribution in [0.5, 0.6) is 0 Å². The third kappa shape index (κ3) is 5.22. The smallest absolute Gasteiger partial charge is 0.407 e. The van der Waals surface area contributed by atoms with Crippen LogP contribution in [-0.4, -0.2) is 64.9 Å². The summed E-state index contributed by atoms with van der Waals surface area (Å²) in [5.41, 5.74) is 4.69. The first-order chi connectivity index (χ1) is 16.5. The maximum absolute atomic E-state index is 12.3. The molecular weight excluding hydrogens is 436 g/mol. The van der Waals surface area contributed by atoms with Gasteiger partial charge in [0.2, 0.25) is 5.91 Å². The minimum absolute atomic E-state index is 0.0166. The zero-order chi connectivity index (χ0) is 24.1. The van der Waals surface area contributed by atoms with Crippen molar-refractivity contribution in [2.75, 3.05) is 19.7 Å². The van der Waals surface area contributed by atoms with Crippen LogP contribution in [0.4, 0.5) is 4.79 Å². The molecule has 0 saturated carbocycles. The number of likely N-dealkylation sites (tertiary alicyclic amines) is 1. The number of benzene rings is 2. The fourth-order valence-corrected chi connectivity index (χ4v) is 4.89. The molecule has 34 heavy (non-hydrogen) atoms. The Morgan fingerprint density at radius 3 is 2.26 bits per heavy atom. The number of carbonyl (C=O) groups is 3. The van der Waals surface area contributed by atoms with E-state index in [9.17, 15) is 24.6 Å². The Kier molecular flexibility index (Phi) is 7.47. The number of aliphatic hydroxyl groups is 1. The maximum Gasteiger partial charge on any atom is 0.407 e. The standard InChI is InChI=1S/C26H30N2O6/c29-17-14-23(25(31)32)28(15-17)24(30)12-2-1-7-13-27-26(33)34-16-22-20-10-5-3-8-18(20)19-9-4-6-11-21(19)22/h3-6,8-11,17,22-23,29H,1-2,7,12-16H2,(H,27,33)(H,31,32). The number of alkyl carbamates (subject to hydrolysis) is 1. The van der Waals surface area contributed by atoms with Crippen LogP contribution in [0.1, 0.15) is 49.1 Å². The summed E-state index contributed by atoms with van der Waals surface area (Å²) in [6.07, 6.45) is 1.03. The molecule has 1 aliphatic carbocycles. The average Bonchev–Trinajstić information content (AvgIpc) is 3.38. The molecule has 0 aromatic heterocycles. The molecule has 1 fully saturated rings. The molecule has 180 valence electrons. The largest absolute Gasteiger partial charge is 0.480 e. The first-order valence-corrected chi connectivity index (χ1v) is 11.7. The number of β-amino-alcohol motifs (C(OH)–C–C–N with tert-alkyl or cyclic N) is 1. The van der Waals surface area contributed by atoms with Crippen molar-refractivity contribution >= 4 is 18.0 Å². The second kappa shape index (κ2) is 10.7. The lowest BCUT2D eigenvalue weighted by Gasteiger charge is -2.21. The molecular formula is C26H30N2O6. The molecule has 8 nitrogen and oxygen atoms in total. The van der Waals surface area contributed by atoms with E-state index in [1.54, 1.807) is 0 Å². The highest BCUT2D eigenvalue weighted by Crippen LogP contribution is 2.44. The Morgan fingerprint density at radius 1 is 0.971 bits per heavy atom. The number of rotatable bonds is 9. The van der Waals surface area contributed by atoms with E-state index in [0.717, 1.165) is 11.1 Å². The Morgan fingerprint density at radius 2 is 1.62 bits per heavy atom. The summed E-state index contributed by atoms with van der Waals surface area (Å²) >= 11 is 0. The van der Waals surface area contributed by atoms with Crippen LogP contribution in [0.3, 0.4) is 0 Å². The van der Waals surface area contributed by atoms with E-state index in [-0.39, 0.29) is 37.8 Å². The lowest BCUT2D eigenvalue weighted by molar-refractivity contribution is -0.148. The number of hydrogen-bond acceptors (Lipinski definition) is 5. The average molecular weight is 467 g/mol. The van der Waals surface area contributed by atoms with Crippen molar-refractivity contribution in [3.8, 4) is 11.1 Å². The zero-order valence-electron chi connectivity index (χ0n) is 19.0. The molecule has 2 amide bonds. The lowest BCUT2D eigenvalue weighted by Crippen LogP contribution is -2.40. The molecule has 3 N–H and O–H groups in total. The Balaban J connectivity index is 1.15. The Hall–Kier alpha value is -3.39. The summed E-state index contributed by atoms with van der Waals surface area (Å²) in [4.78, 5) is 37.0. The summed E-state index contributed by atoms with van der Waals surface area (Å²) < 4.78 is 5.51. The molecule has 1 saturated heterocycles. The minimum atomic E-state index is -1.09. The van der Waals surface area contributed by atoms with Crippen molar-refractivity contribution in [2.45, 2.75) is 50.2 Å². The molecule has 4 rings (SSSR count). The second-order valence-electron chi connectivity index (χ2n) is 8.85. The number of hydrogen-bond donors (Lipinski definition) is 3. The van der Waals surface area contributed by atoms with Crippen molar-refractivity contribution in [3.05, 3.63) is 59.7 Å². The molecule has 2 aromatic rings. The first-order valence-electron chi connectivity index (χ1n) is 11.7. The van der Waals surface area contributed by atoms with Gasteiger partial charge < -0.3 is 25.2 Å². The fourth-order valence-electron chi connectivity index (χ4n) is 4.89. The van der Waals surface area contributed by atoms with Gasteiger partial charge in [-0.1, -0.05) is 55.0 Å². The molecule has 2 atom stereocenters. The van der Waals surface area contributed by atoms with Crippen molar-refractivity contribution < 1.29 is 29.3 Å². The summed E-state index contributed by atoms with van der Waals surface area (Å²) in [7, 11) is 0. The Bertz CT molecular complexity index is 1010. The number of nitrogens with one attached hydrogen (secondary N) is 1. The number of fused-ring (bicyclic) bond motifs is 3. The van der Waals surface area contributed by atoms with Gasteiger partial charge in [0.1, 0.15) is 12.6 Å². The molecule has 0 radical (unpaired) electrons. The second-order valence-corrected chi connectivity index (χ2v) is 8.85. The van der Waals surface area contributed by atoms with Gasteiger partial charge in [-0.05, 0) is 35.1 Å². The van der Waals surface area contributed by atoms with Gasteiger partial charge in [-0.15, -0.1) is 0 Å². The highest BCUT2D eigenvalue weighted by Gasteiger charge is 2.38. The third-order valence-corrected chi connectivity index (χ3v) is 6.56. The normalized spacial score (nSPS) is 18.9. The number of ether oxygens (including phenoxy) is 1. The maximum atomic E-state index is 12.3. The van der Waals surface area contributed by atoms with Crippen molar-refractivity contribution in [2.24, 2.45) is 0 Å². The molecule has 1 heterocycles. The van der Waals surface area contributed by atoms with Crippen LogP contribution >= 0.6 is 0 Å². The van der Waals surface area contributed by atoms with Gasteiger partial charge in [0.15, 0.2) is 0 Å². The van der Waals surface area contributed by atoms with Crippen LogP contribution in [0.25, 0.3) is 11.1 Å².